The van der Waals surface area contributed by atoms with Crippen LogP contribution >= 0.6 is 0 Å². The molecule has 1 aromatic rings. The molecule has 0 saturated heterocycles. The third-order valence-corrected chi connectivity index (χ3v) is 4.06. The standard InChI is InChI=1S/C10H15N3O3S/c1-7-9(12-8(2)14)5-6-11-10(7)17(15,16)13(3)4/h5-6H,1-4H3,(H,11,12,14). The number of rotatable bonds is 3. The summed E-state index contributed by atoms with van der Waals surface area (Å²) in [4.78, 5) is 14.8. The number of hydrogen-bond donors (Lipinski definition) is 1. The van der Waals surface area contributed by atoms with Crippen LogP contribution in [0.5, 0.6) is 0 Å². The summed E-state index contributed by atoms with van der Waals surface area (Å²) in [5.41, 5.74) is 0.879. The van der Waals surface area contributed by atoms with E-state index in [9.17, 15) is 13.2 Å². The average molecular weight is 257 g/mol. The molecule has 1 amide bonds. The van der Waals surface area contributed by atoms with Crippen LogP contribution in [0, 0.1) is 6.92 Å². The minimum absolute atomic E-state index is 0.0475. The lowest BCUT2D eigenvalue weighted by Gasteiger charge is -2.14. The van der Waals surface area contributed by atoms with Crippen LogP contribution in [0.25, 0.3) is 0 Å². The van der Waals surface area contributed by atoms with Crippen LogP contribution in [0.3, 0.4) is 0 Å². The fourth-order valence-corrected chi connectivity index (χ4v) is 2.31. The van der Waals surface area contributed by atoms with Gasteiger partial charge in [0.05, 0.1) is 0 Å². The number of nitrogens with one attached hydrogen (secondary N) is 1. The van der Waals surface area contributed by atoms with Gasteiger partial charge in [-0.15, -0.1) is 0 Å². The smallest absolute Gasteiger partial charge is 0.260 e. The van der Waals surface area contributed by atoms with Crippen molar-refractivity contribution in [3.05, 3.63) is 17.8 Å². The predicted molar refractivity (Wildman–Crippen MR) is 64.2 cm³/mol. The highest BCUT2D eigenvalue weighted by Gasteiger charge is 2.22. The van der Waals surface area contributed by atoms with Gasteiger partial charge in [0.25, 0.3) is 10.0 Å². The van der Waals surface area contributed by atoms with E-state index in [4.69, 9.17) is 0 Å². The number of amides is 1. The van der Waals surface area contributed by atoms with Crippen LogP contribution in [0.15, 0.2) is 17.3 Å². The zero-order chi connectivity index (χ0) is 13.2. The minimum atomic E-state index is -3.59. The van der Waals surface area contributed by atoms with Crippen LogP contribution < -0.4 is 5.32 Å². The van der Waals surface area contributed by atoms with Gasteiger partial charge in [-0.05, 0) is 13.0 Å². The Balaban J connectivity index is 3.34. The molecule has 0 spiro atoms. The van der Waals surface area contributed by atoms with Gasteiger partial charge < -0.3 is 5.32 Å². The first-order chi connectivity index (χ1) is 7.76. The third-order valence-electron chi connectivity index (χ3n) is 2.19. The van der Waals surface area contributed by atoms with Crippen molar-refractivity contribution in [2.45, 2.75) is 18.9 Å². The van der Waals surface area contributed by atoms with Gasteiger partial charge in [0.15, 0.2) is 5.03 Å². The molecule has 0 aliphatic carbocycles. The lowest BCUT2D eigenvalue weighted by Crippen LogP contribution is -2.24. The van der Waals surface area contributed by atoms with Gasteiger partial charge in [-0.1, -0.05) is 0 Å². The molecular weight excluding hydrogens is 242 g/mol. The summed E-state index contributed by atoms with van der Waals surface area (Å²) in [6, 6.07) is 1.56. The summed E-state index contributed by atoms with van der Waals surface area (Å²) in [6.45, 7) is 2.97. The summed E-state index contributed by atoms with van der Waals surface area (Å²) >= 11 is 0. The van der Waals surface area contributed by atoms with Crippen molar-refractivity contribution in [2.24, 2.45) is 0 Å². The van der Waals surface area contributed by atoms with Gasteiger partial charge in [0, 0.05) is 38.5 Å². The molecule has 1 N–H and O–H groups in total. The SMILES string of the molecule is CC(=O)Nc1ccnc(S(=O)(=O)N(C)C)c1C. The Morgan fingerprint density at radius 2 is 2.00 bits per heavy atom. The summed E-state index contributed by atoms with van der Waals surface area (Å²) in [5, 5.41) is 2.52. The van der Waals surface area contributed by atoms with Crippen molar-refractivity contribution < 1.29 is 13.2 Å². The molecule has 6 nitrogen and oxygen atoms in total. The minimum Gasteiger partial charge on any atom is -0.326 e. The maximum Gasteiger partial charge on any atom is 0.260 e. The molecular formula is C10H15N3O3S. The van der Waals surface area contributed by atoms with E-state index in [2.05, 4.69) is 10.3 Å². The molecule has 0 unspecified atom stereocenters. The van der Waals surface area contributed by atoms with E-state index in [0.717, 1.165) is 4.31 Å². The monoisotopic (exact) mass is 257 g/mol. The summed E-state index contributed by atoms with van der Waals surface area (Å²) in [5.74, 6) is -0.257. The first kappa shape index (κ1) is 13.6. The number of carbonyl (C=O) groups is 1. The number of hydrogen-bond acceptors (Lipinski definition) is 4. The van der Waals surface area contributed by atoms with Crippen LogP contribution in [-0.2, 0) is 14.8 Å². The number of pyridine rings is 1. The summed E-state index contributed by atoms with van der Waals surface area (Å²) < 4.78 is 25.0. The molecule has 1 heterocycles. The Morgan fingerprint density at radius 3 is 2.47 bits per heavy atom. The zero-order valence-corrected chi connectivity index (χ0v) is 11.0. The Morgan fingerprint density at radius 1 is 1.41 bits per heavy atom. The molecule has 0 aliphatic rings. The molecule has 94 valence electrons. The van der Waals surface area contributed by atoms with E-state index in [1.807, 2.05) is 0 Å². The van der Waals surface area contributed by atoms with Gasteiger partial charge >= 0.3 is 0 Å². The van der Waals surface area contributed by atoms with Crippen molar-refractivity contribution in [2.75, 3.05) is 19.4 Å². The number of nitrogens with zero attached hydrogens (tertiary/aromatic N) is 2. The Hall–Kier alpha value is -1.47. The van der Waals surface area contributed by atoms with Gasteiger partial charge in [-0.25, -0.2) is 17.7 Å². The lowest BCUT2D eigenvalue weighted by atomic mass is 10.2. The fourth-order valence-electron chi connectivity index (χ4n) is 1.27. The number of anilines is 1. The Bertz CT molecular complexity index is 538. The molecule has 1 aromatic heterocycles. The second-order valence-corrected chi connectivity index (χ2v) is 5.82. The van der Waals surface area contributed by atoms with Crippen LogP contribution in [0.4, 0.5) is 5.69 Å². The molecule has 0 saturated carbocycles. The van der Waals surface area contributed by atoms with Crippen LogP contribution in [-0.4, -0.2) is 37.7 Å². The molecule has 17 heavy (non-hydrogen) atoms. The van der Waals surface area contributed by atoms with Crippen molar-refractivity contribution in [1.29, 1.82) is 0 Å². The fraction of sp³-hybridized carbons (Fsp3) is 0.400. The summed E-state index contributed by atoms with van der Waals surface area (Å²) in [6.07, 6.45) is 1.36. The largest absolute Gasteiger partial charge is 0.326 e. The van der Waals surface area contributed by atoms with Crippen molar-refractivity contribution in [1.82, 2.24) is 9.29 Å². The van der Waals surface area contributed by atoms with Gasteiger partial charge in [-0.3, -0.25) is 4.79 Å². The number of aromatic nitrogens is 1. The number of carbonyl (C=O) groups excluding carboxylic acids is 1. The molecule has 7 heteroatoms. The second kappa shape index (κ2) is 4.80. The predicted octanol–water partition coefficient (Wildman–Crippen LogP) is 0.599. The van der Waals surface area contributed by atoms with E-state index in [1.165, 1.54) is 27.2 Å². The first-order valence-corrected chi connectivity index (χ1v) is 6.36. The summed E-state index contributed by atoms with van der Waals surface area (Å²) in [7, 11) is -0.731. The molecule has 1 rings (SSSR count). The van der Waals surface area contributed by atoms with Crippen molar-refractivity contribution in [3.63, 3.8) is 0 Å². The van der Waals surface area contributed by atoms with Crippen LogP contribution in [0.1, 0.15) is 12.5 Å². The molecule has 0 atom stereocenters. The second-order valence-electron chi connectivity index (χ2n) is 3.76. The maximum absolute atomic E-state index is 11.9. The first-order valence-electron chi connectivity index (χ1n) is 4.92. The molecule has 0 aromatic carbocycles. The molecule has 0 aliphatic heterocycles. The maximum atomic E-state index is 11.9. The van der Waals surface area contributed by atoms with E-state index in [-0.39, 0.29) is 10.9 Å². The van der Waals surface area contributed by atoms with Crippen molar-refractivity contribution in [3.8, 4) is 0 Å². The average Bonchev–Trinajstić information content (AvgIpc) is 2.20. The van der Waals surface area contributed by atoms with E-state index in [0.29, 0.717) is 11.3 Å². The normalized spacial score (nSPS) is 11.6. The van der Waals surface area contributed by atoms with E-state index < -0.39 is 10.0 Å². The van der Waals surface area contributed by atoms with Gasteiger partial charge in [0.2, 0.25) is 5.91 Å². The Labute approximate surface area is 101 Å². The van der Waals surface area contributed by atoms with Crippen molar-refractivity contribution >= 4 is 21.6 Å². The topological polar surface area (TPSA) is 79.4 Å². The van der Waals surface area contributed by atoms with Gasteiger partial charge in [-0.2, -0.15) is 0 Å². The van der Waals surface area contributed by atoms with E-state index in [1.54, 1.807) is 13.0 Å². The third kappa shape index (κ3) is 2.80. The molecule has 0 fully saturated rings. The lowest BCUT2D eigenvalue weighted by molar-refractivity contribution is -0.114. The Kier molecular flexibility index (Phi) is 3.84. The van der Waals surface area contributed by atoms with E-state index >= 15 is 0 Å². The van der Waals surface area contributed by atoms with Crippen LogP contribution in [0.2, 0.25) is 0 Å². The highest BCUT2D eigenvalue weighted by molar-refractivity contribution is 7.89. The molecule has 0 radical (unpaired) electrons. The molecule has 0 bridgehead atoms. The highest BCUT2D eigenvalue weighted by Crippen LogP contribution is 2.22. The number of sulfonamides is 1. The highest BCUT2D eigenvalue weighted by atomic mass is 32.2. The zero-order valence-electron chi connectivity index (χ0n) is 10.2. The quantitative estimate of drug-likeness (QED) is 0.860. The van der Waals surface area contributed by atoms with Gasteiger partial charge in [0.1, 0.15) is 0 Å².